The number of rotatable bonds is 6. The molecule has 2 aromatic carbocycles. The van der Waals surface area contributed by atoms with Crippen molar-refractivity contribution in [2.24, 2.45) is 0 Å². The van der Waals surface area contributed by atoms with Gasteiger partial charge in [0.15, 0.2) is 11.5 Å². The van der Waals surface area contributed by atoms with Crippen molar-refractivity contribution < 1.29 is 29.1 Å². The van der Waals surface area contributed by atoms with Gasteiger partial charge in [-0.25, -0.2) is 0 Å². The lowest BCUT2D eigenvalue weighted by Crippen LogP contribution is -2.34. The van der Waals surface area contributed by atoms with Gasteiger partial charge in [0, 0.05) is 30.1 Å². The number of nitro groups is 1. The molecule has 1 aliphatic rings. The highest BCUT2D eigenvalue weighted by Crippen LogP contribution is 2.34. The van der Waals surface area contributed by atoms with Gasteiger partial charge in [-0.3, -0.25) is 14.9 Å². The van der Waals surface area contributed by atoms with Crippen LogP contribution >= 0.6 is 0 Å². The summed E-state index contributed by atoms with van der Waals surface area (Å²) in [6, 6.07) is 8.96. The molecule has 0 spiro atoms. The predicted molar refractivity (Wildman–Crippen MR) is 85.5 cm³/mol. The third-order valence-electron chi connectivity index (χ3n) is 3.82. The van der Waals surface area contributed by atoms with Gasteiger partial charge in [-0.15, -0.1) is 0 Å². The maximum atomic E-state index is 12.4. The van der Waals surface area contributed by atoms with E-state index in [-0.39, 0.29) is 18.0 Å². The van der Waals surface area contributed by atoms with E-state index in [4.69, 9.17) is 9.47 Å². The Morgan fingerprint density at radius 1 is 1.12 bits per heavy atom. The van der Waals surface area contributed by atoms with Crippen LogP contribution in [0, 0.1) is 10.1 Å². The highest BCUT2D eigenvalue weighted by Gasteiger charge is 2.21. The topological polar surface area (TPSA) is 131 Å². The van der Waals surface area contributed by atoms with Crippen LogP contribution in [0.25, 0.3) is 0 Å². The van der Waals surface area contributed by atoms with E-state index in [0.717, 1.165) is 0 Å². The Hall–Kier alpha value is -3.62. The normalized spacial score (nSPS) is 13.1. The molecule has 2 aromatic rings. The molecule has 9 nitrogen and oxygen atoms in total. The van der Waals surface area contributed by atoms with E-state index < -0.39 is 29.3 Å². The average Bonchev–Trinajstić information content (AvgIpc) is 3.08. The van der Waals surface area contributed by atoms with Crippen molar-refractivity contribution in [3.05, 3.63) is 63.7 Å². The van der Waals surface area contributed by atoms with E-state index in [1.54, 1.807) is 18.2 Å². The molecule has 26 heavy (non-hydrogen) atoms. The maximum absolute atomic E-state index is 12.4. The fourth-order valence-electron chi connectivity index (χ4n) is 2.52. The van der Waals surface area contributed by atoms with E-state index in [2.05, 4.69) is 5.32 Å². The van der Waals surface area contributed by atoms with E-state index in [1.807, 2.05) is 0 Å². The third kappa shape index (κ3) is 3.72. The van der Waals surface area contributed by atoms with Gasteiger partial charge in [0.25, 0.3) is 11.6 Å². The van der Waals surface area contributed by atoms with Crippen LogP contribution in [0.15, 0.2) is 42.5 Å². The van der Waals surface area contributed by atoms with Crippen LogP contribution in [-0.2, 0) is 4.79 Å². The number of benzene rings is 2. The van der Waals surface area contributed by atoms with Gasteiger partial charge in [-0.2, -0.15) is 0 Å². The molecule has 3 rings (SSSR count). The lowest BCUT2D eigenvalue weighted by Gasteiger charge is -2.20. The lowest BCUT2D eigenvalue weighted by atomic mass is 10.0. The number of hydrogen-bond donors (Lipinski definition) is 1. The zero-order valence-electron chi connectivity index (χ0n) is 13.3. The number of ether oxygens (including phenoxy) is 2. The minimum atomic E-state index is -1.34. The second kappa shape index (κ2) is 7.09. The van der Waals surface area contributed by atoms with Crippen LogP contribution < -0.4 is 19.9 Å². The number of carboxylic acids is 1. The summed E-state index contributed by atoms with van der Waals surface area (Å²) in [6.45, 7) is 0.0685. The lowest BCUT2D eigenvalue weighted by molar-refractivity contribution is -0.384. The minimum absolute atomic E-state index is 0.0685. The van der Waals surface area contributed by atoms with E-state index in [9.17, 15) is 24.8 Å². The van der Waals surface area contributed by atoms with Crippen LogP contribution in [0.1, 0.15) is 28.4 Å². The summed E-state index contributed by atoms with van der Waals surface area (Å²) in [5, 5.41) is 24.3. The summed E-state index contributed by atoms with van der Waals surface area (Å²) in [5.41, 5.74) is 0.525. The highest BCUT2D eigenvalue weighted by atomic mass is 16.7. The van der Waals surface area contributed by atoms with Crippen molar-refractivity contribution in [1.29, 1.82) is 0 Å². The second-order valence-corrected chi connectivity index (χ2v) is 5.52. The first-order valence-corrected chi connectivity index (χ1v) is 7.59. The predicted octanol–water partition coefficient (Wildman–Crippen LogP) is 0.935. The Kier molecular flexibility index (Phi) is 4.70. The monoisotopic (exact) mass is 357 g/mol. The number of nitrogens with zero attached hydrogens (tertiary/aromatic N) is 1. The van der Waals surface area contributed by atoms with Gasteiger partial charge in [0.05, 0.1) is 11.0 Å². The molecule has 0 saturated carbocycles. The molecule has 1 atom stereocenters. The summed E-state index contributed by atoms with van der Waals surface area (Å²) in [5.74, 6) is -0.918. The molecular weight excluding hydrogens is 344 g/mol. The third-order valence-corrected chi connectivity index (χ3v) is 3.82. The zero-order valence-corrected chi connectivity index (χ0v) is 13.3. The molecule has 1 amide bonds. The molecule has 9 heteroatoms. The summed E-state index contributed by atoms with van der Waals surface area (Å²) in [6.07, 6.45) is -0.446. The molecular formula is C17H13N2O7-. The first-order chi connectivity index (χ1) is 12.4. The Labute approximate surface area is 147 Å². The molecule has 0 aliphatic carbocycles. The summed E-state index contributed by atoms with van der Waals surface area (Å²) in [7, 11) is 0. The molecule has 1 N–H and O–H groups in total. The maximum Gasteiger partial charge on any atom is 0.269 e. The first-order valence-electron chi connectivity index (χ1n) is 7.59. The SMILES string of the molecule is O=C([O-])C[C@H](NC(=O)c1ccc([N+](=O)[O-])cc1)c1ccc2c(c1)OCO2. The van der Waals surface area contributed by atoms with Crippen LogP contribution in [0.5, 0.6) is 11.5 Å². The number of carbonyl (C=O) groups excluding carboxylic acids is 2. The smallest absolute Gasteiger partial charge is 0.269 e. The first kappa shape index (κ1) is 17.2. The van der Waals surface area contributed by atoms with Crippen molar-refractivity contribution >= 4 is 17.6 Å². The summed E-state index contributed by atoms with van der Waals surface area (Å²) < 4.78 is 10.5. The molecule has 0 fully saturated rings. The molecule has 1 heterocycles. The second-order valence-electron chi connectivity index (χ2n) is 5.52. The number of nitro benzene ring substituents is 1. The van der Waals surface area contributed by atoms with Gasteiger partial charge >= 0.3 is 0 Å². The van der Waals surface area contributed by atoms with Crippen molar-refractivity contribution in [1.82, 2.24) is 5.32 Å². The molecule has 0 unspecified atom stereocenters. The summed E-state index contributed by atoms with van der Waals surface area (Å²) in [4.78, 5) is 33.5. The van der Waals surface area contributed by atoms with Crippen molar-refractivity contribution in [3.8, 4) is 11.5 Å². The van der Waals surface area contributed by atoms with Crippen molar-refractivity contribution in [2.75, 3.05) is 6.79 Å². The Morgan fingerprint density at radius 2 is 1.81 bits per heavy atom. The van der Waals surface area contributed by atoms with Gasteiger partial charge in [0.1, 0.15) is 0 Å². The standard InChI is InChI=1S/C17H14N2O7/c20-16(21)8-13(11-3-6-14-15(7-11)26-9-25-14)18-17(22)10-1-4-12(5-2-10)19(23)24/h1-7,13H,8-9H2,(H,18,22)(H,20,21)/p-1/t13-/m0/s1. The Morgan fingerprint density at radius 3 is 2.46 bits per heavy atom. The highest BCUT2D eigenvalue weighted by molar-refractivity contribution is 5.94. The number of non-ortho nitro benzene ring substituents is 1. The van der Waals surface area contributed by atoms with E-state index >= 15 is 0 Å². The number of fused-ring (bicyclic) bond motifs is 1. The summed E-state index contributed by atoms with van der Waals surface area (Å²) >= 11 is 0. The van der Waals surface area contributed by atoms with Gasteiger partial charge in [-0.1, -0.05) is 6.07 Å². The van der Waals surface area contributed by atoms with Crippen LogP contribution in [0.4, 0.5) is 5.69 Å². The van der Waals surface area contributed by atoms with E-state index in [1.165, 1.54) is 24.3 Å². The van der Waals surface area contributed by atoms with Crippen LogP contribution in [0.3, 0.4) is 0 Å². The van der Waals surface area contributed by atoms with Crippen molar-refractivity contribution in [3.63, 3.8) is 0 Å². The van der Waals surface area contributed by atoms with Crippen LogP contribution in [-0.4, -0.2) is 23.6 Å². The van der Waals surface area contributed by atoms with Gasteiger partial charge in [-0.05, 0) is 29.8 Å². The number of carbonyl (C=O) groups is 2. The quantitative estimate of drug-likeness (QED) is 0.601. The molecule has 0 bridgehead atoms. The van der Waals surface area contributed by atoms with Gasteiger partial charge < -0.3 is 24.7 Å². The number of amides is 1. The number of nitrogens with one attached hydrogen (secondary N) is 1. The average molecular weight is 357 g/mol. The number of hydrogen-bond acceptors (Lipinski definition) is 7. The minimum Gasteiger partial charge on any atom is -0.550 e. The molecule has 0 aromatic heterocycles. The Balaban J connectivity index is 1.80. The molecule has 1 aliphatic heterocycles. The number of carboxylic acid groups (broad SMARTS) is 1. The molecule has 0 saturated heterocycles. The van der Waals surface area contributed by atoms with E-state index in [0.29, 0.717) is 17.1 Å². The zero-order chi connectivity index (χ0) is 18.7. The molecule has 0 radical (unpaired) electrons. The van der Waals surface area contributed by atoms with Gasteiger partial charge in [0.2, 0.25) is 6.79 Å². The number of aliphatic carboxylic acids is 1. The van der Waals surface area contributed by atoms with Crippen molar-refractivity contribution in [2.45, 2.75) is 12.5 Å². The van der Waals surface area contributed by atoms with Crippen LogP contribution in [0.2, 0.25) is 0 Å². The fraction of sp³-hybridized carbons (Fsp3) is 0.176. The fourth-order valence-corrected chi connectivity index (χ4v) is 2.52. The molecule has 134 valence electrons. The Bertz CT molecular complexity index is 864. The largest absolute Gasteiger partial charge is 0.550 e.